The number of pyridine rings is 2. The second-order valence-corrected chi connectivity index (χ2v) is 5.41. The molecule has 3 heterocycles. The molecule has 0 saturated carbocycles. The number of nitrogens with zero attached hydrogens (tertiary/aromatic N) is 4. The summed E-state index contributed by atoms with van der Waals surface area (Å²) in [4.78, 5) is 15.7. The van der Waals surface area contributed by atoms with Gasteiger partial charge in [-0.15, -0.1) is 0 Å². The Morgan fingerprint density at radius 2 is 1.69 bits per heavy atom. The van der Waals surface area contributed by atoms with E-state index >= 15 is 0 Å². The maximum atomic E-state index is 12.7. The van der Waals surface area contributed by atoms with Gasteiger partial charge >= 0.3 is 6.18 Å². The van der Waals surface area contributed by atoms with Gasteiger partial charge in [0.05, 0.1) is 10.6 Å². The molecule has 7 nitrogen and oxygen atoms in total. The van der Waals surface area contributed by atoms with Gasteiger partial charge in [0, 0.05) is 12.4 Å². The first-order chi connectivity index (χ1) is 12.3. The highest BCUT2D eigenvalue weighted by molar-refractivity contribution is 6.33. The van der Waals surface area contributed by atoms with Gasteiger partial charge in [0.25, 0.3) is 0 Å². The Bertz CT molecular complexity index is 919. The van der Waals surface area contributed by atoms with Crippen LogP contribution >= 0.6 is 11.6 Å². The second-order valence-electron chi connectivity index (χ2n) is 5.00. The average Bonchev–Trinajstić information content (AvgIpc) is 2.60. The molecule has 0 atom stereocenters. The molecule has 0 fully saturated rings. The van der Waals surface area contributed by atoms with Gasteiger partial charge in [-0.2, -0.15) is 13.2 Å². The topological polar surface area (TPSA) is 102 Å². The van der Waals surface area contributed by atoms with Gasteiger partial charge < -0.3 is 16.4 Å². The number of nitrogens with one attached hydrogen (secondary N) is 2. The van der Waals surface area contributed by atoms with Crippen molar-refractivity contribution in [1.82, 2.24) is 19.9 Å². The van der Waals surface area contributed by atoms with E-state index in [-0.39, 0.29) is 28.2 Å². The number of alkyl halides is 3. The smallest absolute Gasteiger partial charge is 0.393 e. The van der Waals surface area contributed by atoms with Gasteiger partial charge in [-0.25, -0.2) is 19.9 Å². The van der Waals surface area contributed by atoms with Crippen LogP contribution in [0.1, 0.15) is 5.56 Å². The Kier molecular flexibility index (Phi) is 4.76. The normalized spacial score (nSPS) is 11.2. The zero-order valence-corrected chi connectivity index (χ0v) is 13.7. The number of hydrogen-bond donors (Lipinski definition) is 3. The lowest BCUT2D eigenvalue weighted by Gasteiger charge is -2.13. The summed E-state index contributed by atoms with van der Waals surface area (Å²) < 4.78 is 38.0. The Morgan fingerprint density at radius 1 is 0.962 bits per heavy atom. The van der Waals surface area contributed by atoms with E-state index < -0.39 is 11.7 Å². The summed E-state index contributed by atoms with van der Waals surface area (Å²) in [5, 5.41) is 5.39. The van der Waals surface area contributed by atoms with E-state index in [4.69, 9.17) is 17.3 Å². The van der Waals surface area contributed by atoms with Crippen molar-refractivity contribution in [2.24, 2.45) is 0 Å². The maximum Gasteiger partial charge on any atom is 0.417 e. The molecular formula is C15H11ClF3N7. The lowest BCUT2D eigenvalue weighted by molar-refractivity contribution is -0.137. The first-order valence-electron chi connectivity index (χ1n) is 7.13. The number of anilines is 5. The van der Waals surface area contributed by atoms with Crippen molar-refractivity contribution in [1.29, 1.82) is 0 Å². The van der Waals surface area contributed by atoms with Crippen molar-refractivity contribution in [2.75, 3.05) is 16.4 Å². The number of halogens is 4. The number of nitrogen functional groups attached to an aromatic ring is 1. The Hall–Kier alpha value is -3.14. The van der Waals surface area contributed by atoms with Crippen LogP contribution in [0.2, 0.25) is 5.02 Å². The summed E-state index contributed by atoms with van der Waals surface area (Å²) in [6.45, 7) is 0. The van der Waals surface area contributed by atoms with Gasteiger partial charge in [-0.1, -0.05) is 17.7 Å². The Labute approximate surface area is 150 Å². The van der Waals surface area contributed by atoms with Crippen molar-refractivity contribution in [3.05, 3.63) is 53.6 Å². The van der Waals surface area contributed by atoms with Crippen LogP contribution in [0.4, 0.5) is 42.1 Å². The third-order valence-electron chi connectivity index (χ3n) is 3.20. The molecule has 3 aromatic rings. The van der Waals surface area contributed by atoms with Gasteiger partial charge in [-0.05, 0) is 18.2 Å². The molecule has 0 aliphatic heterocycles. The minimum Gasteiger partial charge on any atom is -0.393 e. The number of rotatable bonds is 4. The standard InChI is InChI=1S/C15H11ClF3N7/c16-9-5-8(15(17,18)19)6-22-12(9)26-14-11(20)13(23-7-24-14)25-10-3-1-2-4-21-10/h1-7H,20H2,(H2,21,22,23,24,25,26). The third kappa shape index (κ3) is 3.91. The maximum absolute atomic E-state index is 12.7. The number of nitrogens with two attached hydrogens (primary N) is 1. The zero-order valence-electron chi connectivity index (χ0n) is 12.9. The third-order valence-corrected chi connectivity index (χ3v) is 3.49. The van der Waals surface area contributed by atoms with Crippen LogP contribution in [-0.2, 0) is 6.18 Å². The quantitative estimate of drug-likeness (QED) is 0.627. The van der Waals surface area contributed by atoms with Crippen LogP contribution in [0.15, 0.2) is 43.0 Å². The average molecular weight is 382 g/mol. The molecule has 0 radical (unpaired) electrons. The van der Waals surface area contributed by atoms with Crippen molar-refractivity contribution in [3.8, 4) is 0 Å². The van der Waals surface area contributed by atoms with E-state index in [0.29, 0.717) is 12.0 Å². The Morgan fingerprint density at radius 3 is 2.31 bits per heavy atom. The van der Waals surface area contributed by atoms with Crippen molar-refractivity contribution in [3.63, 3.8) is 0 Å². The highest BCUT2D eigenvalue weighted by Crippen LogP contribution is 2.34. The molecule has 3 rings (SSSR count). The highest BCUT2D eigenvalue weighted by atomic mass is 35.5. The number of aromatic nitrogens is 4. The monoisotopic (exact) mass is 381 g/mol. The molecular weight excluding hydrogens is 371 g/mol. The molecule has 0 saturated heterocycles. The molecule has 0 aliphatic carbocycles. The van der Waals surface area contributed by atoms with E-state index in [2.05, 4.69) is 30.6 Å². The minimum absolute atomic E-state index is 0.0196. The highest BCUT2D eigenvalue weighted by Gasteiger charge is 2.31. The fourth-order valence-corrected chi connectivity index (χ4v) is 2.16. The van der Waals surface area contributed by atoms with Crippen LogP contribution in [-0.4, -0.2) is 19.9 Å². The zero-order chi connectivity index (χ0) is 18.7. The minimum atomic E-state index is -4.54. The molecule has 4 N–H and O–H groups in total. The van der Waals surface area contributed by atoms with Crippen LogP contribution in [0, 0.1) is 0 Å². The van der Waals surface area contributed by atoms with Gasteiger partial charge in [0.15, 0.2) is 11.6 Å². The summed E-state index contributed by atoms with van der Waals surface area (Å²) in [6.07, 6.45) is -1.06. The molecule has 0 unspecified atom stereocenters. The second kappa shape index (κ2) is 7.00. The molecule has 26 heavy (non-hydrogen) atoms. The van der Waals surface area contributed by atoms with Crippen LogP contribution in [0.5, 0.6) is 0 Å². The van der Waals surface area contributed by atoms with Crippen LogP contribution in [0.25, 0.3) is 0 Å². The lowest BCUT2D eigenvalue weighted by Crippen LogP contribution is -2.08. The molecule has 134 valence electrons. The predicted molar refractivity (Wildman–Crippen MR) is 91.5 cm³/mol. The van der Waals surface area contributed by atoms with Gasteiger partial charge in [0.2, 0.25) is 0 Å². The summed E-state index contributed by atoms with van der Waals surface area (Å²) >= 11 is 5.87. The predicted octanol–water partition coefficient (Wildman–Crippen LogP) is 4.01. The molecule has 3 aromatic heterocycles. The van der Waals surface area contributed by atoms with Crippen molar-refractivity contribution < 1.29 is 13.2 Å². The number of hydrogen-bond acceptors (Lipinski definition) is 7. The first-order valence-corrected chi connectivity index (χ1v) is 7.50. The fourth-order valence-electron chi connectivity index (χ4n) is 1.95. The van der Waals surface area contributed by atoms with Crippen molar-refractivity contribution >= 4 is 40.6 Å². The van der Waals surface area contributed by atoms with E-state index in [1.807, 2.05) is 0 Å². The summed E-state index contributed by atoms with van der Waals surface area (Å²) in [5.41, 5.74) is 5.16. The largest absolute Gasteiger partial charge is 0.417 e. The molecule has 0 aliphatic rings. The Balaban J connectivity index is 1.86. The molecule has 0 bridgehead atoms. The first kappa shape index (κ1) is 17.7. The summed E-state index contributed by atoms with van der Waals surface area (Å²) in [5.74, 6) is 0.889. The summed E-state index contributed by atoms with van der Waals surface area (Å²) in [6, 6.07) is 6.00. The van der Waals surface area contributed by atoms with E-state index in [1.54, 1.807) is 24.4 Å². The molecule has 0 aromatic carbocycles. The van der Waals surface area contributed by atoms with Gasteiger partial charge in [-0.3, -0.25) is 0 Å². The van der Waals surface area contributed by atoms with Crippen LogP contribution in [0.3, 0.4) is 0 Å². The molecule has 0 amide bonds. The molecule has 0 spiro atoms. The van der Waals surface area contributed by atoms with E-state index in [0.717, 1.165) is 6.07 Å². The van der Waals surface area contributed by atoms with Gasteiger partial charge in [0.1, 0.15) is 23.7 Å². The SMILES string of the molecule is Nc1c(Nc2ccccn2)ncnc1Nc1ncc(C(F)(F)F)cc1Cl. The lowest BCUT2D eigenvalue weighted by atomic mass is 10.2. The van der Waals surface area contributed by atoms with Crippen LogP contribution < -0.4 is 16.4 Å². The van der Waals surface area contributed by atoms with E-state index in [9.17, 15) is 13.2 Å². The summed E-state index contributed by atoms with van der Waals surface area (Å²) in [7, 11) is 0. The van der Waals surface area contributed by atoms with E-state index in [1.165, 1.54) is 6.33 Å². The molecule has 11 heteroatoms. The fraction of sp³-hybridized carbons (Fsp3) is 0.0667. The van der Waals surface area contributed by atoms with Crippen molar-refractivity contribution in [2.45, 2.75) is 6.18 Å².